The number of anilines is 1. The molecule has 1 aromatic heterocycles. The quantitative estimate of drug-likeness (QED) is 0.847. The number of nitrogen functional groups attached to an aromatic ring is 1. The molecule has 3 N–H and O–H groups in total. The average molecular weight is 300 g/mol. The van der Waals surface area contributed by atoms with Gasteiger partial charge in [0.1, 0.15) is 11.3 Å². The van der Waals surface area contributed by atoms with Gasteiger partial charge in [0.15, 0.2) is 0 Å². The third-order valence-corrected chi connectivity index (χ3v) is 3.94. The van der Waals surface area contributed by atoms with Gasteiger partial charge >= 0.3 is 0 Å². The monoisotopic (exact) mass is 300 g/mol. The fourth-order valence-electron chi connectivity index (χ4n) is 2.95. The highest BCUT2D eigenvalue weighted by molar-refractivity contribution is 5.84. The largest absolute Gasteiger partial charge is 0.488 e. The van der Waals surface area contributed by atoms with Gasteiger partial charge in [-0.3, -0.25) is 9.78 Å². The van der Waals surface area contributed by atoms with Crippen LogP contribution in [0.4, 0.5) is 5.69 Å². The summed E-state index contributed by atoms with van der Waals surface area (Å²) in [5.74, 6) is 0.715. The summed E-state index contributed by atoms with van der Waals surface area (Å²) in [6.45, 7) is 1.56. The normalized spacial score (nSPS) is 21.5. The number of amides is 1. The number of hydrogen-bond acceptors (Lipinski definition) is 5. The van der Waals surface area contributed by atoms with Crippen molar-refractivity contribution in [2.24, 2.45) is 0 Å². The van der Waals surface area contributed by atoms with E-state index >= 15 is 0 Å². The van der Waals surface area contributed by atoms with Crippen LogP contribution in [0.1, 0.15) is 32.6 Å². The molecule has 22 heavy (non-hydrogen) atoms. The van der Waals surface area contributed by atoms with E-state index in [4.69, 9.17) is 10.5 Å². The molecule has 0 unspecified atom stereocenters. The Bertz CT molecular complexity index is 681. The lowest BCUT2D eigenvalue weighted by Crippen LogP contribution is -2.38. The fourth-order valence-corrected chi connectivity index (χ4v) is 2.95. The van der Waals surface area contributed by atoms with Crippen LogP contribution < -0.4 is 15.8 Å². The third-order valence-electron chi connectivity index (χ3n) is 3.94. The first kappa shape index (κ1) is 14.6. The summed E-state index contributed by atoms with van der Waals surface area (Å²) in [7, 11) is 0. The van der Waals surface area contributed by atoms with E-state index < -0.39 is 0 Å². The molecule has 1 aliphatic carbocycles. The second-order valence-corrected chi connectivity index (χ2v) is 5.74. The minimum Gasteiger partial charge on any atom is -0.488 e. The second-order valence-electron chi connectivity index (χ2n) is 5.74. The van der Waals surface area contributed by atoms with Crippen LogP contribution in [0.15, 0.2) is 24.5 Å². The van der Waals surface area contributed by atoms with Crippen molar-refractivity contribution in [3.05, 3.63) is 24.5 Å². The lowest BCUT2D eigenvalue weighted by atomic mass is 9.93. The average Bonchev–Trinajstić information content (AvgIpc) is 2.48. The maximum absolute atomic E-state index is 11.1. The summed E-state index contributed by atoms with van der Waals surface area (Å²) in [4.78, 5) is 19.7. The van der Waals surface area contributed by atoms with E-state index in [-0.39, 0.29) is 18.1 Å². The molecule has 1 aliphatic rings. The SMILES string of the molecule is CC(=O)NC1CCC(Oc2cc(N)cc3nccnc23)CC1. The number of benzene rings is 1. The molecule has 1 fully saturated rings. The Labute approximate surface area is 129 Å². The molecular formula is C16H20N4O2. The number of hydrogen-bond donors (Lipinski definition) is 2. The lowest BCUT2D eigenvalue weighted by Gasteiger charge is -2.29. The first-order valence-electron chi connectivity index (χ1n) is 7.56. The number of nitrogens with two attached hydrogens (primary N) is 1. The van der Waals surface area contributed by atoms with Gasteiger partial charge in [-0.25, -0.2) is 4.98 Å². The Hall–Kier alpha value is -2.37. The Morgan fingerprint density at radius 2 is 1.95 bits per heavy atom. The highest BCUT2D eigenvalue weighted by atomic mass is 16.5. The van der Waals surface area contributed by atoms with Crippen LogP contribution in [0, 0.1) is 0 Å². The van der Waals surface area contributed by atoms with Gasteiger partial charge in [-0.2, -0.15) is 0 Å². The molecule has 1 heterocycles. The molecular weight excluding hydrogens is 280 g/mol. The molecule has 6 heteroatoms. The molecule has 0 radical (unpaired) electrons. The molecule has 1 amide bonds. The molecule has 0 spiro atoms. The minimum atomic E-state index is 0.0291. The first-order chi connectivity index (χ1) is 10.6. The fraction of sp³-hybridized carbons (Fsp3) is 0.438. The van der Waals surface area contributed by atoms with Crippen molar-refractivity contribution < 1.29 is 9.53 Å². The Morgan fingerprint density at radius 3 is 2.68 bits per heavy atom. The molecule has 0 aliphatic heterocycles. The predicted molar refractivity (Wildman–Crippen MR) is 84.4 cm³/mol. The van der Waals surface area contributed by atoms with Gasteiger partial charge in [-0.05, 0) is 31.7 Å². The van der Waals surface area contributed by atoms with E-state index in [1.54, 1.807) is 31.5 Å². The highest BCUT2D eigenvalue weighted by Crippen LogP contribution is 2.30. The van der Waals surface area contributed by atoms with Crippen molar-refractivity contribution in [1.82, 2.24) is 15.3 Å². The van der Waals surface area contributed by atoms with Gasteiger partial charge in [0, 0.05) is 37.1 Å². The second kappa shape index (κ2) is 6.17. The zero-order valence-electron chi connectivity index (χ0n) is 12.6. The van der Waals surface area contributed by atoms with Crippen molar-refractivity contribution in [3.63, 3.8) is 0 Å². The van der Waals surface area contributed by atoms with Crippen LogP contribution in [-0.4, -0.2) is 28.0 Å². The molecule has 0 atom stereocenters. The van der Waals surface area contributed by atoms with E-state index in [9.17, 15) is 4.79 Å². The van der Waals surface area contributed by atoms with Gasteiger partial charge in [0.2, 0.25) is 5.91 Å². The van der Waals surface area contributed by atoms with Crippen molar-refractivity contribution in [1.29, 1.82) is 0 Å². The van der Waals surface area contributed by atoms with Crippen LogP contribution in [-0.2, 0) is 4.79 Å². The molecule has 2 aromatic rings. The number of aromatic nitrogens is 2. The van der Waals surface area contributed by atoms with E-state index in [1.165, 1.54) is 0 Å². The van der Waals surface area contributed by atoms with Gasteiger partial charge in [-0.15, -0.1) is 0 Å². The molecule has 0 bridgehead atoms. The van der Waals surface area contributed by atoms with Crippen LogP contribution in [0.5, 0.6) is 5.75 Å². The van der Waals surface area contributed by atoms with Crippen molar-refractivity contribution in [2.75, 3.05) is 5.73 Å². The molecule has 116 valence electrons. The van der Waals surface area contributed by atoms with Gasteiger partial charge in [0.25, 0.3) is 0 Å². The summed E-state index contributed by atoms with van der Waals surface area (Å²) in [6, 6.07) is 3.86. The van der Waals surface area contributed by atoms with Gasteiger partial charge < -0.3 is 15.8 Å². The van der Waals surface area contributed by atoms with Crippen LogP contribution in [0.2, 0.25) is 0 Å². The van der Waals surface area contributed by atoms with E-state index in [0.717, 1.165) is 36.7 Å². The maximum atomic E-state index is 11.1. The molecule has 0 saturated heterocycles. The van der Waals surface area contributed by atoms with Crippen molar-refractivity contribution in [2.45, 2.75) is 44.8 Å². The zero-order chi connectivity index (χ0) is 15.5. The van der Waals surface area contributed by atoms with Crippen LogP contribution >= 0.6 is 0 Å². The number of carbonyl (C=O) groups is 1. The molecule has 6 nitrogen and oxygen atoms in total. The third kappa shape index (κ3) is 3.27. The Morgan fingerprint density at radius 1 is 1.23 bits per heavy atom. The number of rotatable bonds is 3. The minimum absolute atomic E-state index is 0.0291. The summed E-state index contributed by atoms with van der Waals surface area (Å²) >= 11 is 0. The number of nitrogens with one attached hydrogen (secondary N) is 1. The van der Waals surface area contributed by atoms with Crippen molar-refractivity contribution in [3.8, 4) is 5.75 Å². The smallest absolute Gasteiger partial charge is 0.217 e. The predicted octanol–water partition coefficient (Wildman–Crippen LogP) is 2.04. The zero-order valence-corrected chi connectivity index (χ0v) is 12.6. The maximum Gasteiger partial charge on any atom is 0.217 e. The summed E-state index contributed by atoms with van der Waals surface area (Å²) in [6.07, 6.45) is 7.08. The number of ether oxygens (including phenoxy) is 1. The van der Waals surface area contributed by atoms with Crippen LogP contribution in [0.3, 0.4) is 0 Å². The lowest BCUT2D eigenvalue weighted by molar-refractivity contribution is -0.120. The molecule has 3 rings (SSSR count). The highest BCUT2D eigenvalue weighted by Gasteiger charge is 2.23. The van der Waals surface area contributed by atoms with E-state index in [0.29, 0.717) is 11.4 Å². The first-order valence-corrected chi connectivity index (χ1v) is 7.56. The Balaban J connectivity index is 1.71. The number of nitrogens with zero attached hydrogens (tertiary/aromatic N) is 2. The summed E-state index contributed by atoms with van der Waals surface area (Å²) in [5, 5.41) is 2.97. The van der Waals surface area contributed by atoms with E-state index in [2.05, 4.69) is 15.3 Å². The van der Waals surface area contributed by atoms with Gasteiger partial charge in [0.05, 0.1) is 11.6 Å². The topological polar surface area (TPSA) is 90.1 Å². The Kier molecular flexibility index (Phi) is 4.09. The van der Waals surface area contributed by atoms with Crippen molar-refractivity contribution >= 4 is 22.6 Å². The summed E-state index contributed by atoms with van der Waals surface area (Å²) in [5.41, 5.74) is 8.01. The standard InChI is InChI=1S/C16H20N4O2/c1-10(21)20-12-2-4-13(5-3-12)22-15-9-11(17)8-14-16(15)19-7-6-18-14/h6-9,12-13H,2-5,17H2,1H3,(H,20,21). The van der Waals surface area contributed by atoms with Crippen LogP contribution in [0.25, 0.3) is 11.0 Å². The van der Waals surface area contributed by atoms with E-state index in [1.807, 2.05) is 0 Å². The number of carbonyl (C=O) groups excluding carboxylic acids is 1. The molecule has 1 aromatic carbocycles. The number of fused-ring (bicyclic) bond motifs is 1. The summed E-state index contributed by atoms with van der Waals surface area (Å²) < 4.78 is 6.11. The van der Waals surface area contributed by atoms with Gasteiger partial charge in [-0.1, -0.05) is 0 Å². The molecule has 1 saturated carbocycles.